The van der Waals surface area contributed by atoms with Crippen molar-refractivity contribution in [3.63, 3.8) is 0 Å². The minimum atomic E-state index is -0.200. The summed E-state index contributed by atoms with van der Waals surface area (Å²) in [6, 6.07) is 11.0. The average Bonchev–Trinajstić information content (AvgIpc) is 3.46. The first-order valence-electron chi connectivity index (χ1n) is 8.62. The monoisotopic (exact) mass is 357 g/mol. The summed E-state index contributed by atoms with van der Waals surface area (Å²) in [7, 11) is 0. The van der Waals surface area contributed by atoms with Crippen molar-refractivity contribution in [2.24, 2.45) is 0 Å². The van der Waals surface area contributed by atoms with Crippen molar-refractivity contribution in [1.29, 1.82) is 0 Å². The van der Waals surface area contributed by atoms with Gasteiger partial charge in [0.15, 0.2) is 0 Å². The number of carbonyl (C=O) groups excluding carboxylic acids is 1. The van der Waals surface area contributed by atoms with Crippen molar-refractivity contribution in [3.8, 4) is 0 Å². The number of piperazine rings is 1. The van der Waals surface area contributed by atoms with Crippen LogP contribution in [-0.4, -0.2) is 35.4 Å². The minimum Gasteiger partial charge on any atom is -0.335 e. The molecule has 1 aromatic heterocycles. The lowest BCUT2D eigenvalue weighted by molar-refractivity contribution is 0.0702. The lowest BCUT2D eigenvalue weighted by Gasteiger charge is -2.34. The van der Waals surface area contributed by atoms with Crippen LogP contribution < -0.4 is 10.9 Å². The Kier molecular flexibility index (Phi) is 4.36. The molecular weight excluding hydrogens is 338 g/mol. The zero-order chi connectivity index (χ0) is 17.4. The SMILES string of the molecule is O=C(c1cc(C2CC2)[nH]c(=O)c1)N1CCN[C@H](c2cccc(Cl)c2)C1. The van der Waals surface area contributed by atoms with Crippen LogP contribution in [0.5, 0.6) is 0 Å². The fourth-order valence-corrected chi connectivity index (χ4v) is 3.56. The Labute approximate surface area is 151 Å². The summed E-state index contributed by atoms with van der Waals surface area (Å²) >= 11 is 6.08. The van der Waals surface area contributed by atoms with Crippen molar-refractivity contribution >= 4 is 17.5 Å². The first kappa shape index (κ1) is 16.4. The standard InChI is InChI=1S/C19H20ClN3O2/c20-15-3-1-2-13(8-15)17-11-23(7-6-21-17)19(25)14-9-16(12-4-5-12)22-18(24)10-14/h1-3,8-10,12,17,21H,4-7,11H2,(H,22,24)/t17-/m0/s1. The Morgan fingerprint density at radius 2 is 2.04 bits per heavy atom. The highest BCUT2D eigenvalue weighted by Gasteiger charge is 2.28. The van der Waals surface area contributed by atoms with Crippen molar-refractivity contribution in [3.05, 3.63) is 68.6 Å². The molecule has 1 atom stereocenters. The van der Waals surface area contributed by atoms with Crippen molar-refractivity contribution in [2.75, 3.05) is 19.6 Å². The highest BCUT2D eigenvalue weighted by Crippen LogP contribution is 2.38. The van der Waals surface area contributed by atoms with E-state index in [0.717, 1.165) is 24.1 Å². The molecule has 1 saturated heterocycles. The Bertz CT molecular complexity index is 860. The van der Waals surface area contributed by atoms with E-state index < -0.39 is 0 Å². The molecule has 130 valence electrons. The molecule has 2 aromatic rings. The first-order chi connectivity index (χ1) is 12.1. The van der Waals surface area contributed by atoms with Gasteiger partial charge in [-0.3, -0.25) is 9.59 Å². The van der Waals surface area contributed by atoms with Gasteiger partial charge < -0.3 is 15.2 Å². The molecule has 1 aliphatic heterocycles. The summed E-state index contributed by atoms with van der Waals surface area (Å²) in [6.07, 6.45) is 2.16. The summed E-state index contributed by atoms with van der Waals surface area (Å²) in [4.78, 5) is 29.5. The number of pyridine rings is 1. The zero-order valence-corrected chi connectivity index (χ0v) is 14.6. The number of carbonyl (C=O) groups is 1. The van der Waals surface area contributed by atoms with Crippen LogP contribution in [0.4, 0.5) is 0 Å². The largest absolute Gasteiger partial charge is 0.335 e. The highest BCUT2D eigenvalue weighted by atomic mass is 35.5. The van der Waals surface area contributed by atoms with E-state index in [0.29, 0.717) is 36.1 Å². The predicted octanol–water partition coefficient (Wildman–Crippen LogP) is 2.69. The van der Waals surface area contributed by atoms with Gasteiger partial charge in [-0.25, -0.2) is 0 Å². The van der Waals surface area contributed by atoms with Crippen LogP contribution in [0.2, 0.25) is 5.02 Å². The predicted molar refractivity (Wildman–Crippen MR) is 97.1 cm³/mol. The molecule has 2 N–H and O–H groups in total. The number of aromatic nitrogens is 1. The van der Waals surface area contributed by atoms with Gasteiger partial charge in [-0.1, -0.05) is 23.7 Å². The number of aromatic amines is 1. The van der Waals surface area contributed by atoms with Crippen LogP contribution in [0.3, 0.4) is 0 Å². The van der Waals surface area contributed by atoms with Gasteiger partial charge >= 0.3 is 0 Å². The highest BCUT2D eigenvalue weighted by molar-refractivity contribution is 6.30. The van der Waals surface area contributed by atoms with Gasteiger partial charge in [-0.15, -0.1) is 0 Å². The Balaban J connectivity index is 1.55. The lowest BCUT2D eigenvalue weighted by Crippen LogP contribution is -2.48. The summed E-state index contributed by atoms with van der Waals surface area (Å²) in [6.45, 7) is 1.90. The number of halogens is 1. The molecule has 2 aliphatic rings. The quantitative estimate of drug-likeness (QED) is 0.887. The molecule has 4 rings (SSSR count). The molecule has 0 spiro atoms. The molecule has 6 heteroatoms. The van der Waals surface area contributed by atoms with Crippen LogP contribution in [0.25, 0.3) is 0 Å². The third kappa shape index (κ3) is 3.62. The van der Waals surface area contributed by atoms with Gasteiger partial charge in [0.05, 0.1) is 6.04 Å². The summed E-state index contributed by atoms with van der Waals surface area (Å²) in [5, 5.41) is 4.12. The van der Waals surface area contributed by atoms with Crippen LogP contribution in [0.15, 0.2) is 41.2 Å². The second-order valence-corrected chi connectivity index (χ2v) is 7.21. The van der Waals surface area contributed by atoms with E-state index in [9.17, 15) is 9.59 Å². The van der Waals surface area contributed by atoms with E-state index in [1.54, 1.807) is 0 Å². The van der Waals surface area contributed by atoms with E-state index in [4.69, 9.17) is 11.6 Å². The summed E-state index contributed by atoms with van der Waals surface area (Å²) in [5.74, 6) is 0.323. The third-order valence-electron chi connectivity index (χ3n) is 4.84. The molecule has 0 unspecified atom stereocenters. The topological polar surface area (TPSA) is 65.2 Å². The lowest BCUT2D eigenvalue weighted by atomic mass is 10.0. The molecule has 0 bridgehead atoms. The van der Waals surface area contributed by atoms with E-state index >= 15 is 0 Å². The normalized spacial score (nSPS) is 20.5. The number of H-pyrrole nitrogens is 1. The third-order valence-corrected chi connectivity index (χ3v) is 5.08. The van der Waals surface area contributed by atoms with E-state index in [1.165, 1.54) is 6.07 Å². The number of amides is 1. The Morgan fingerprint density at radius 3 is 2.80 bits per heavy atom. The molecule has 1 saturated carbocycles. The molecule has 1 aliphatic carbocycles. The fourth-order valence-electron chi connectivity index (χ4n) is 3.37. The van der Waals surface area contributed by atoms with E-state index in [-0.39, 0.29) is 17.5 Å². The molecule has 5 nitrogen and oxygen atoms in total. The number of nitrogens with zero attached hydrogens (tertiary/aromatic N) is 1. The smallest absolute Gasteiger partial charge is 0.254 e. The Hall–Kier alpha value is -2.11. The first-order valence-corrected chi connectivity index (χ1v) is 9.00. The van der Waals surface area contributed by atoms with Gasteiger partial charge in [-0.05, 0) is 42.5 Å². The van der Waals surface area contributed by atoms with E-state index in [1.807, 2.05) is 35.2 Å². The Morgan fingerprint density at radius 1 is 1.20 bits per heavy atom. The maximum Gasteiger partial charge on any atom is 0.254 e. The van der Waals surface area contributed by atoms with Crippen LogP contribution in [0, 0.1) is 0 Å². The van der Waals surface area contributed by atoms with Crippen LogP contribution in [-0.2, 0) is 0 Å². The summed E-state index contributed by atoms with van der Waals surface area (Å²) in [5.41, 5.74) is 2.23. The van der Waals surface area contributed by atoms with Crippen LogP contribution in [0.1, 0.15) is 46.4 Å². The average molecular weight is 358 g/mol. The minimum absolute atomic E-state index is 0.0429. The summed E-state index contributed by atoms with van der Waals surface area (Å²) < 4.78 is 0. The van der Waals surface area contributed by atoms with Gasteiger partial charge in [0.25, 0.3) is 5.91 Å². The van der Waals surface area contributed by atoms with Crippen molar-refractivity contribution in [1.82, 2.24) is 15.2 Å². The molecule has 1 aromatic carbocycles. The number of nitrogens with one attached hydrogen (secondary N) is 2. The number of benzene rings is 1. The second-order valence-electron chi connectivity index (χ2n) is 6.78. The van der Waals surface area contributed by atoms with Gasteiger partial charge in [0, 0.05) is 42.0 Å². The maximum atomic E-state index is 12.9. The molecular formula is C19H20ClN3O2. The number of hydrogen-bond acceptors (Lipinski definition) is 3. The molecule has 1 amide bonds. The zero-order valence-electron chi connectivity index (χ0n) is 13.8. The van der Waals surface area contributed by atoms with E-state index in [2.05, 4.69) is 10.3 Å². The molecule has 0 radical (unpaired) electrons. The number of rotatable bonds is 3. The molecule has 2 heterocycles. The second kappa shape index (κ2) is 6.65. The maximum absolute atomic E-state index is 12.9. The number of hydrogen-bond donors (Lipinski definition) is 2. The van der Waals surface area contributed by atoms with Gasteiger partial charge in [-0.2, -0.15) is 0 Å². The van der Waals surface area contributed by atoms with Crippen molar-refractivity contribution < 1.29 is 4.79 Å². The van der Waals surface area contributed by atoms with Crippen molar-refractivity contribution in [2.45, 2.75) is 24.8 Å². The molecule has 25 heavy (non-hydrogen) atoms. The van der Waals surface area contributed by atoms with Gasteiger partial charge in [0.2, 0.25) is 5.56 Å². The van der Waals surface area contributed by atoms with Crippen LogP contribution >= 0.6 is 11.6 Å². The molecule has 2 fully saturated rings. The van der Waals surface area contributed by atoms with Gasteiger partial charge in [0.1, 0.15) is 0 Å². The fraction of sp³-hybridized carbons (Fsp3) is 0.368.